The van der Waals surface area contributed by atoms with Gasteiger partial charge in [0, 0.05) is 6.07 Å². The first-order valence-electron chi connectivity index (χ1n) is 15.5. The molecule has 0 spiro atoms. The molecule has 5 atom stereocenters. The smallest absolute Gasteiger partial charge is 0.311 e. The molecule has 0 aromatic heterocycles. The van der Waals surface area contributed by atoms with Crippen molar-refractivity contribution in [3.05, 3.63) is 24.3 Å². The number of methoxy groups -OCH3 is 1. The van der Waals surface area contributed by atoms with Crippen molar-refractivity contribution in [3.63, 3.8) is 0 Å². The third kappa shape index (κ3) is 8.01. The Balaban J connectivity index is 2.64. The number of carbonyl (C=O) groups is 4. The van der Waals surface area contributed by atoms with Gasteiger partial charge in [-0.3, -0.25) is 19.2 Å². The zero-order chi connectivity index (χ0) is 34.1. The number of ether oxygens (including phenoxy) is 2. The van der Waals surface area contributed by atoms with E-state index in [0.717, 1.165) is 4.90 Å². The maximum Gasteiger partial charge on any atom is 0.311 e. The summed E-state index contributed by atoms with van der Waals surface area (Å²) in [6, 6.07) is 6.01. The van der Waals surface area contributed by atoms with E-state index in [1.165, 1.54) is 19.2 Å². The Kier molecular flexibility index (Phi) is 11.2. The fourth-order valence-corrected chi connectivity index (χ4v) is 7.58. The number of hydrogen-bond donors (Lipinski definition) is 2. The van der Waals surface area contributed by atoms with E-state index in [1.54, 1.807) is 19.1 Å². The molecule has 5 unspecified atom stereocenters. The van der Waals surface area contributed by atoms with Crippen LogP contribution in [0.3, 0.4) is 0 Å². The van der Waals surface area contributed by atoms with Crippen molar-refractivity contribution in [2.45, 2.75) is 95.4 Å². The summed E-state index contributed by atoms with van der Waals surface area (Å²) in [5, 5.41) is 19.5. The molecule has 0 bridgehead atoms. The summed E-state index contributed by atoms with van der Waals surface area (Å²) in [5.41, 5.74) is -3.34. The lowest BCUT2D eigenvalue weighted by Gasteiger charge is -2.48. The molecule has 0 radical (unpaired) electrons. The molecule has 1 fully saturated rings. The van der Waals surface area contributed by atoms with Crippen molar-refractivity contribution >= 4 is 29.4 Å². The van der Waals surface area contributed by atoms with E-state index in [-0.39, 0.29) is 60.7 Å². The van der Waals surface area contributed by atoms with Crippen LogP contribution in [0.25, 0.3) is 0 Å². The number of hydrogen-bond acceptors (Lipinski definition) is 8. The zero-order valence-electron chi connectivity index (χ0n) is 28.9. The highest BCUT2D eigenvalue weighted by Crippen LogP contribution is 2.54. The molecule has 2 rings (SSSR count). The number of phenolic OH excluding ortho intramolecular Hbond substituents is 1. The quantitative estimate of drug-likeness (QED) is 0.211. The number of aromatic hydroxyl groups is 1. The van der Waals surface area contributed by atoms with Gasteiger partial charge in [0.25, 0.3) is 0 Å². The van der Waals surface area contributed by atoms with E-state index in [1.807, 2.05) is 48.5 Å². The summed E-state index contributed by atoms with van der Waals surface area (Å²) in [6.07, 6.45) is 0.802. The van der Waals surface area contributed by atoms with E-state index < -0.39 is 45.4 Å². The van der Waals surface area contributed by atoms with Crippen molar-refractivity contribution in [2.24, 2.45) is 44.8 Å². The molecular weight excluding hydrogens is 562 g/mol. The van der Waals surface area contributed by atoms with Gasteiger partial charge in [0.1, 0.15) is 12.4 Å². The molecule has 1 saturated heterocycles. The van der Waals surface area contributed by atoms with Crippen molar-refractivity contribution in [3.8, 4) is 5.75 Å². The molecule has 9 heteroatoms. The van der Waals surface area contributed by atoms with Crippen LogP contribution in [0.4, 0.5) is 5.69 Å². The minimum absolute atomic E-state index is 0.0173. The molecule has 2 N–H and O–H groups in total. The standard InChI is InChI=1S/C35H55NO8/c1-22(35(11,30(42)43-12)20-31(2,3)4)33(8,9)21-34(10,29(41)44-17-16-37)19-25-26(32(5,6)7)28(40)36(27(25)39)23-14-13-15-24(38)18-23/h13-15,18,22,25-26,37-38H,16-17,19-21H2,1-12H3. The Morgan fingerprint density at radius 1 is 0.932 bits per heavy atom. The Morgan fingerprint density at radius 3 is 2.00 bits per heavy atom. The monoisotopic (exact) mass is 617 g/mol. The van der Waals surface area contributed by atoms with Gasteiger partial charge in [-0.25, -0.2) is 4.90 Å². The molecule has 44 heavy (non-hydrogen) atoms. The third-order valence-corrected chi connectivity index (χ3v) is 9.46. The summed E-state index contributed by atoms with van der Waals surface area (Å²) < 4.78 is 10.8. The Labute approximate surface area is 263 Å². The highest BCUT2D eigenvalue weighted by molar-refractivity contribution is 6.22. The van der Waals surface area contributed by atoms with Gasteiger partial charge in [-0.2, -0.15) is 0 Å². The van der Waals surface area contributed by atoms with Crippen molar-refractivity contribution in [1.29, 1.82) is 0 Å². The number of anilines is 1. The number of amides is 2. The van der Waals surface area contributed by atoms with Gasteiger partial charge in [0.15, 0.2) is 0 Å². The molecule has 2 amide bonds. The summed E-state index contributed by atoms with van der Waals surface area (Å²) in [4.78, 5) is 56.3. The average molecular weight is 618 g/mol. The molecule has 1 aliphatic rings. The first kappa shape index (κ1) is 37.2. The van der Waals surface area contributed by atoms with Crippen molar-refractivity contribution < 1.29 is 38.9 Å². The van der Waals surface area contributed by atoms with Crippen LogP contribution in [-0.2, 0) is 28.7 Å². The summed E-state index contributed by atoms with van der Waals surface area (Å²) in [5.74, 6) is -3.69. The lowest BCUT2D eigenvalue weighted by molar-refractivity contribution is -0.166. The lowest BCUT2D eigenvalue weighted by atomic mass is 9.55. The Bertz CT molecular complexity index is 1230. The van der Waals surface area contributed by atoms with E-state index in [9.17, 15) is 29.4 Å². The minimum Gasteiger partial charge on any atom is -0.508 e. The normalized spacial score (nSPS) is 21.4. The molecule has 1 heterocycles. The number of nitrogens with zero attached hydrogens (tertiary/aromatic N) is 1. The first-order chi connectivity index (χ1) is 19.9. The van der Waals surface area contributed by atoms with E-state index in [4.69, 9.17) is 9.47 Å². The zero-order valence-corrected chi connectivity index (χ0v) is 28.9. The molecular formula is C35H55NO8. The van der Waals surface area contributed by atoms with Crippen LogP contribution in [0.1, 0.15) is 95.4 Å². The SMILES string of the molecule is COC(=O)C(C)(CC(C)(C)C)C(C)C(C)(C)CC(C)(CC1C(=O)N(c2cccc(O)c2)C(=O)C1C(C)(C)C)C(=O)OCCO. The Hall–Kier alpha value is -2.94. The number of rotatable bonds is 12. The van der Waals surface area contributed by atoms with Gasteiger partial charge in [-0.15, -0.1) is 0 Å². The number of aliphatic hydroxyl groups excluding tert-OH is 1. The summed E-state index contributed by atoms with van der Waals surface area (Å²) in [6.45, 7) is 21.0. The largest absolute Gasteiger partial charge is 0.508 e. The predicted molar refractivity (Wildman–Crippen MR) is 170 cm³/mol. The molecule has 1 aromatic carbocycles. The van der Waals surface area contributed by atoms with Gasteiger partial charge >= 0.3 is 11.9 Å². The molecule has 248 valence electrons. The van der Waals surface area contributed by atoms with Gasteiger partial charge in [-0.1, -0.05) is 68.4 Å². The fourth-order valence-electron chi connectivity index (χ4n) is 7.58. The average Bonchev–Trinajstić information content (AvgIpc) is 3.13. The van der Waals surface area contributed by atoms with Crippen LogP contribution in [0.5, 0.6) is 5.75 Å². The topological polar surface area (TPSA) is 130 Å². The van der Waals surface area contributed by atoms with Crippen LogP contribution in [0, 0.1) is 44.8 Å². The van der Waals surface area contributed by atoms with Crippen LogP contribution in [0.2, 0.25) is 0 Å². The maximum atomic E-state index is 14.1. The van der Waals surface area contributed by atoms with Gasteiger partial charge in [0.2, 0.25) is 11.8 Å². The fraction of sp³-hybridized carbons (Fsp3) is 0.714. The van der Waals surface area contributed by atoms with E-state index in [0.29, 0.717) is 6.42 Å². The van der Waals surface area contributed by atoms with Crippen molar-refractivity contribution in [2.75, 3.05) is 25.2 Å². The number of aliphatic hydroxyl groups is 1. The molecule has 0 aliphatic carbocycles. The van der Waals surface area contributed by atoms with Crippen molar-refractivity contribution in [1.82, 2.24) is 0 Å². The van der Waals surface area contributed by atoms with Gasteiger partial charge in [-0.05, 0) is 67.4 Å². The van der Waals surface area contributed by atoms with E-state index in [2.05, 4.69) is 20.8 Å². The molecule has 1 aromatic rings. The molecule has 1 aliphatic heterocycles. The summed E-state index contributed by atoms with van der Waals surface area (Å²) in [7, 11) is 1.38. The maximum absolute atomic E-state index is 14.1. The second-order valence-electron chi connectivity index (χ2n) is 16.1. The van der Waals surface area contributed by atoms with Crippen LogP contribution < -0.4 is 4.90 Å². The van der Waals surface area contributed by atoms with Gasteiger partial charge in [0.05, 0.1) is 42.1 Å². The number of esters is 2. The predicted octanol–water partition coefficient (Wildman–Crippen LogP) is 6.14. The number of phenols is 1. The lowest BCUT2D eigenvalue weighted by Crippen LogP contribution is -2.48. The second kappa shape index (κ2) is 13.2. The van der Waals surface area contributed by atoms with Crippen LogP contribution in [0.15, 0.2) is 24.3 Å². The first-order valence-corrected chi connectivity index (χ1v) is 15.5. The van der Waals surface area contributed by atoms with E-state index >= 15 is 0 Å². The Morgan fingerprint density at radius 2 is 1.52 bits per heavy atom. The number of carbonyl (C=O) groups excluding carboxylic acids is 4. The number of imide groups is 1. The third-order valence-electron chi connectivity index (χ3n) is 9.46. The van der Waals surface area contributed by atoms with Crippen LogP contribution >= 0.6 is 0 Å². The number of benzene rings is 1. The molecule has 0 saturated carbocycles. The highest BCUT2D eigenvalue weighted by Gasteiger charge is 2.58. The van der Waals surface area contributed by atoms with Gasteiger partial charge < -0.3 is 19.7 Å². The highest BCUT2D eigenvalue weighted by atomic mass is 16.5. The second-order valence-corrected chi connectivity index (χ2v) is 16.1. The summed E-state index contributed by atoms with van der Waals surface area (Å²) >= 11 is 0. The molecule has 9 nitrogen and oxygen atoms in total. The minimum atomic E-state index is -1.26. The van der Waals surface area contributed by atoms with Crippen LogP contribution in [-0.4, -0.2) is 54.3 Å².